The quantitative estimate of drug-likeness (QED) is 0.672. The van der Waals surface area contributed by atoms with Crippen LogP contribution in [0.3, 0.4) is 0 Å². The molecule has 5 nitrogen and oxygen atoms in total. The van der Waals surface area contributed by atoms with Crippen LogP contribution in [0.4, 0.5) is 11.6 Å². The summed E-state index contributed by atoms with van der Waals surface area (Å²) in [5.41, 5.74) is 3.69. The van der Waals surface area contributed by atoms with Gasteiger partial charge in [-0.1, -0.05) is 65.2 Å². The van der Waals surface area contributed by atoms with E-state index in [1.54, 1.807) is 12.4 Å². The minimum absolute atomic E-state index is 0.167. The molecular formula is C23H32N4O. The minimum atomic E-state index is -0.167. The first-order chi connectivity index (χ1) is 13.5. The van der Waals surface area contributed by atoms with Gasteiger partial charge in [0.05, 0.1) is 5.56 Å². The van der Waals surface area contributed by atoms with Gasteiger partial charge in [-0.2, -0.15) is 0 Å². The van der Waals surface area contributed by atoms with Gasteiger partial charge in [-0.05, 0) is 35.8 Å². The summed E-state index contributed by atoms with van der Waals surface area (Å²) in [6.07, 6.45) is 9.37. The van der Waals surface area contributed by atoms with E-state index in [4.69, 9.17) is 0 Å². The van der Waals surface area contributed by atoms with Gasteiger partial charge in [0.2, 0.25) is 5.95 Å². The lowest BCUT2D eigenvalue weighted by atomic mass is 9.92. The molecule has 0 radical (unpaired) electrons. The molecule has 28 heavy (non-hydrogen) atoms. The molecule has 1 aromatic carbocycles. The van der Waals surface area contributed by atoms with E-state index in [-0.39, 0.29) is 5.91 Å². The Labute approximate surface area is 168 Å². The highest BCUT2D eigenvalue weighted by Crippen LogP contribution is 2.32. The lowest BCUT2D eigenvalue weighted by Crippen LogP contribution is -2.23. The number of nitrogens with one attached hydrogen (secondary N) is 2. The molecule has 0 spiro atoms. The Morgan fingerprint density at radius 2 is 1.54 bits per heavy atom. The molecule has 5 heteroatoms. The van der Waals surface area contributed by atoms with Crippen molar-refractivity contribution in [2.45, 2.75) is 77.7 Å². The summed E-state index contributed by atoms with van der Waals surface area (Å²) in [5, 5.41) is 6.51. The van der Waals surface area contributed by atoms with E-state index in [0.29, 0.717) is 29.4 Å². The highest BCUT2D eigenvalue weighted by molar-refractivity contribution is 6.04. The first kappa shape index (κ1) is 20.3. The molecule has 0 unspecified atom stereocenters. The monoisotopic (exact) mass is 380 g/mol. The van der Waals surface area contributed by atoms with E-state index in [1.165, 1.54) is 19.3 Å². The molecule has 0 aliphatic heterocycles. The Balaban J connectivity index is 1.74. The van der Waals surface area contributed by atoms with Crippen LogP contribution in [0.1, 0.15) is 93.1 Å². The Bertz CT molecular complexity index is 766. The second kappa shape index (κ2) is 9.18. The van der Waals surface area contributed by atoms with Gasteiger partial charge in [0.25, 0.3) is 5.91 Å². The number of nitrogens with zero attached hydrogens (tertiary/aromatic N) is 2. The highest BCUT2D eigenvalue weighted by atomic mass is 16.1. The number of carbonyl (C=O) groups is 1. The SMILES string of the molecule is CC(C)c1cccc(C(C)C)c1NC(=O)c1cnc(NC2CCCCC2)nc1. The summed E-state index contributed by atoms with van der Waals surface area (Å²) in [6, 6.07) is 6.68. The Morgan fingerprint density at radius 1 is 0.964 bits per heavy atom. The number of amides is 1. The summed E-state index contributed by atoms with van der Waals surface area (Å²) in [6.45, 7) is 8.57. The van der Waals surface area contributed by atoms with Crippen LogP contribution in [0, 0.1) is 0 Å². The van der Waals surface area contributed by atoms with Gasteiger partial charge >= 0.3 is 0 Å². The molecule has 1 fully saturated rings. The van der Waals surface area contributed by atoms with E-state index < -0.39 is 0 Å². The molecule has 0 bridgehead atoms. The molecule has 1 aliphatic carbocycles. The Kier molecular flexibility index (Phi) is 6.65. The largest absolute Gasteiger partial charge is 0.351 e. The number of benzene rings is 1. The van der Waals surface area contributed by atoms with Gasteiger partial charge in [0.1, 0.15) is 0 Å². The Morgan fingerprint density at radius 3 is 2.07 bits per heavy atom. The van der Waals surface area contributed by atoms with Gasteiger partial charge in [-0.25, -0.2) is 9.97 Å². The number of rotatable bonds is 6. The molecule has 1 aliphatic rings. The van der Waals surface area contributed by atoms with Gasteiger partial charge in [0, 0.05) is 24.1 Å². The summed E-state index contributed by atoms with van der Waals surface area (Å²) < 4.78 is 0. The summed E-state index contributed by atoms with van der Waals surface area (Å²) in [5.74, 6) is 1.09. The predicted molar refractivity (Wildman–Crippen MR) is 115 cm³/mol. The number of para-hydroxylation sites is 1. The zero-order valence-electron chi connectivity index (χ0n) is 17.5. The van der Waals surface area contributed by atoms with Crippen molar-refractivity contribution >= 4 is 17.5 Å². The highest BCUT2D eigenvalue weighted by Gasteiger charge is 2.18. The fourth-order valence-electron chi connectivity index (χ4n) is 3.83. The van der Waals surface area contributed by atoms with Crippen LogP contribution in [-0.4, -0.2) is 21.9 Å². The van der Waals surface area contributed by atoms with Gasteiger partial charge in [-0.15, -0.1) is 0 Å². The number of anilines is 2. The molecule has 0 atom stereocenters. The maximum absolute atomic E-state index is 12.9. The van der Waals surface area contributed by atoms with Crippen molar-refractivity contribution in [3.63, 3.8) is 0 Å². The van der Waals surface area contributed by atoms with Crippen LogP contribution in [0.25, 0.3) is 0 Å². The molecule has 1 aromatic heterocycles. The van der Waals surface area contributed by atoms with E-state index >= 15 is 0 Å². The molecule has 1 heterocycles. The maximum Gasteiger partial charge on any atom is 0.258 e. The average Bonchev–Trinajstić information content (AvgIpc) is 2.69. The molecule has 150 valence electrons. The maximum atomic E-state index is 12.9. The number of hydrogen-bond acceptors (Lipinski definition) is 4. The van der Waals surface area contributed by atoms with Crippen LogP contribution >= 0.6 is 0 Å². The first-order valence-electron chi connectivity index (χ1n) is 10.5. The van der Waals surface area contributed by atoms with Crippen LogP contribution in [0.15, 0.2) is 30.6 Å². The standard InChI is InChI=1S/C23H32N4O/c1-15(2)19-11-8-12-20(16(3)4)21(19)27-22(28)17-13-24-23(25-14-17)26-18-9-6-5-7-10-18/h8,11-16,18H,5-7,9-10H2,1-4H3,(H,27,28)(H,24,25,26). The topological polar surface area (TPSA) is 66.9 Å². The van der Waals surface area contributed by atoms with Gasteiger partial charge < -0.3 is 10.6 Å². The van der Waals surface area contributed by atoms with E-state index in [9.17, 15) is 4.79 Å². The molecule has 1 saturated carbocycles. The lowest BCUT2D eigenvalue weighted by Gasteiger charge is -2.22. The molecule has 1 amide bonds. The second-order valence-electron chi connectivity index (χ2n) is 8.35. The van der Waals surface area contributed by atoms with Crippen LogP contribution in [0.5, 0.6) is 0 Å². The summed E-state index contributed by atoms with van der Waals surface area (Å²) >= 11 is 0. The second-order valence-corrected chi connectivity index (χ2v) is 8.35. The van der Waals surface area contributed by atoms with Crippen LogP contribution < -0.4 is 10.6 Å². The minimum Gasteiger partial charge on any atom is -0.351 e. The van der Waals surface area contributed by atoms with Crippen LogP contribution in [0.2, 0.25) is 0 Å². The summed E-state index contributed by atoms with van der Waals surface area (Å²) in [7, 11) is 0. The third-order valence-electron chi connectivity index (χ3n) is 5.46. The van der Waals surface area contributed by atoms with Crippen molar-refractivity contribution < 1.29 is 4.79 Å². The zero-order chi connectivity index (χ0) is 20.1. The third-order valence-corrected chi connectivity index (χ3v) is 5.46. The van der Waals surface area contributed by atoms with Crippen molar-refractivity contribution in [2.75, 3.05) is 10.6 Å². The number of carbonyl (C=O) groups excluding carboxylic acids is 1. The molecule has 2 aromatic rings. The van der Waals surface area contributed by atoms with E-state index in [2.05, 4.69) is 66.5 Å². The van der Waals surface area contributed by atoms with Crippen LogP contribution in [-0.2, 0) is 0 Å². The smallest absolute Gasteiger partial charge is 0.258 e. The fraction of sp³-hybridized carbons (Fsp3) is 0.522. The first-order valence-corrected chi connectivity index (χ1v) is 10.5. The number of aromatic nitrogens is 2. The molecule has 3 rings (SSSR count). The average molecular weight is 381 g/mol. The van der Waals surface area contributed by atoms with Gasteiger partial charge in [-0.3, -0.25) is 4.79 Å². The molecular weight excluding hydrogens is 348 g/mol. The third kappa shape index (κ3) is 4.89. The van der Waals surface area contributed by atoms with E-state index in [0.717, 1.165) is 29.7 Å². The Hall–Kier alpha value is -2.43. The predicted octanol–water partition coefficient (Wildman–Crippen LogP) is 5.72. The van der Waals surface area contributed by atoms with Crippen molar-refractivity contribution in [2.24, 2.45) is 0 Å². The molecule has 2 N–H and O–H groups in total. The van der Waals surface area contributed by atoms with Crippen molar-refractivity contribution in [1.29, 1.82) is 0 Å². The van der Waals surface area contributed by atoms with Gasteiger partial charge in [0.15, 0.2) is 0 Å². The summed E-state index contributed by atoms with van der Waals surface area (Å²) in [4.78, 5) is 21.6. The van der Waals surface area contributed by atoms with E-state index in [1.807, 2.05) is 0 Å². The van der Waals surface area contributed by atoms with Crippen molar-refractivity contribution in [1.82, 2.24) is 9.97 Å². The lowest BCUT2D eigenvalue weighted by molar-refractivity contribution is 0.102. The number of hydrogen-bond donors (Lipinski definition) is 2. The zero-order valence-corrected chi connectivity index (χ0v) is 17.5. The fourth-order valence-corrected chi connectivity index (χ4v) is 3.83. The normalized spacial score (nSPS) is 15.1. The van der Waals surface area contributed by atoms with Crippen molar-refractivity contribution in [3.8, 4) is 0 Å². The van der Waals surface area contributed by atoms with Crippen molar-refractivity contribution in [3.05, 3.63) is 47.3 Å². The molecule has 0 saturated heterocycles.